The van der Waals surface area contributed by atoms with Gasteiger partial charge in [0.15, 0.2) is 0 Å². The Morgan fingerprint density at radius 2 is 1.70 bits per heavy atom. The molecule has 1 saturated heterocycles. The fraction of sp³-hybridized carbons (Fsp3) is 0.294. The Labute approximate surface area is 133 Å². The lowest BCUT2D eigenvalue weighted by Gasteiger charge is -2.34. The molecule has 1 aliphatic heterocycles. The number of nitrogens with zero attached hydrogens (tertiary/aromatic N) is 2. The Morgan fingerprint density at radius 1 is 1.00 bits per heavy atom. The number of carbonyl (C=O) groups is 2. The van der Waals surface area contributed by atoms with Gasteiger partial charge in [0.2, 0.25) is 5.91 Å². The molecule has 2 aromatic rings. The predicted molar refractivity (Wildman–Crippen MR) is 83.4 cm³/mol. The normalized spacial score (nSPS) is 14.8. The zero-order valence-corrected chi connectivity index (χ0v) is 12.7. The van der Waals surface area contributed by atoms with Crippen molar-refractivity contribution < 1.29 is 14.0 Å². The van der Waals surface area contributed by atoms with Crippen LogP contribution < -0.4 is 0 Å². The maximum absolute atomic E-state index is 13.6. The first-order chi connectivity index (χ1) is 11.1. The fourth-order valence-corrected chi connectivity index (χ4v) is 2.71. The molecule has 0 bridgehead atoms. The molecule has 0 aliphatic carbocycles. The predicted octanol–water partition coefficient (Wildman–Crippen LogP) is 1.68. The summed E-state index contributed by atoms with van der Waals surface area (Å²) in [5, 5.41) is 0. The molecule has 2 heterocycles. The summed E-state index contributed by atoms with van der Waals surface area (Å²) in [7, 11) is 0. The van der Waals surface area contributed by atoms with E-state index < -0.39 is 0 Å². The molecule has 2 amide bonds. The number of aromatic nitrogens is 1. The number of hydrogen-bond acceptors (Lipinski definition) is 2. The van der Waals surface area contributed by atoms with Gasteiger partial charge in [-0.2, -0.15) is 0 Å². The highest BCUT2D eigenvalue weighted by Crippen LogP contribution is 2.12. The molecule has 5 nitrogen and oxygen atoms in total. The van der Waals surface area contributed by atoms with Crippen LogP contribution in [0.1, 0.15) is 16.1 Å². The van der Waals surface area contributed by atoms with Crippen molar-refractivity contribution in [2.45, 2.75) is 6.42 Å². The largest absolute Gasteiger partial charge is 0.357 e. The first-order valence-corrected chi connectivity index (χ1v) is 7.59. The molecule has 0 atom stereocenters. The van der Waals surface area contributed by atoms with Crippen molar-refractivity contribution in [1.82, 2.24) is 14.8 Å². The van der Waals surface area contributed by atoms with Crippen LogP contribution >= 0.6 is 0 Å². The smallest absolute Gasteiger partial charge is 0.270 e. The number of H-pyrrole nitrogens is 1. The van der Waals surface area contributed by atoms with E-state index in [-0.39, 0.29) is 24.1 Å². The third-order valence-corrected chi connectivity index (χ3v) is 4.05. The molecule has 1 aromatic heterocycles. The second kappa shape index (κ2) is 6.64. The highest BCUT2D eigenvalue weighted by molar-refractivity contribution is 5.92. The molecule has 23 heavy (non-hydrogen) atoms. The molecular weight excluding hydrogens is 297 g/mol. The Hall–Kier alpha value is -2.63. The summed E-state index contributed by atoms with van der Waals surface area (Å²) in [5.41, 5.74) is 0.957. The van der Waals surface area contributed by atoms with Crippen LogP contribution in [0.4, 0.5) is 4.39 Å². The van der Waals surface area contributed by atoms with Crippen LogP contribution in [0.15, 0.2) is 42.6 Å². The minimum absolute atomic E-state index is 0.0528. The van der Waals surface area contributed by atoms with Gasteiger partial charge >= 0.3 is 0 Å². The van der Waals surface area contributed by atoms with E-state index in [2.05, 4.69) is 4.98 Å². The van der Waals surface area contributed by atoms with E-state index in [4.69, 9.17) is 0 Å². The van der Waals surface area contributed by atoms with E-state index in [0.29, 0.717) is 37.4 Å². The summed E-state index contributed by atoms with van der Waals surface area (Å²) in [6.07, 6.45) is 1.76. The molecule has 3 rings (SSSR count). The number of halogens is 1. The monoisotopic (exact) mass is 315 g/mol. The molecule has 1 fully saturated rings. The third-order valence-electron chi connectivity index (χ3n) is 4.05. The molecule has 0 spiro atoms. The summed E-state index contributed by atoms with van der Waals surface area (Å²) in [6.45, 7) is 1.92. The van der Waals surface area contributed by atoms with Gasteiger partial charge in [0.05, 0.1) is 6.42 Å². The Morgan fingerprint density at radius 3 is 2.35 bits per heavy atom. The molecule has 6 heteroatoms. The average molecular weight is 315 g/mol. The number of nitrogens with one attached hydrogen (secondary N) is 1. The lowest BCUT2D eigenvalue weighted by atomic mass is 10.1. The van der Waals surface area contributed by atoms with Gasteiger partial charge in [-0.25, -0.2) is 4.39 Å². The second-order valence-corrected chi connectivity index (χ2v) is 5.52. The molecule has 120 valence electrons. The fourth-order valence-electron chi connectivity index (χ4n) is 2.71. The van der Waals surface area contributed by atoms with E-state index in [1.807, 2.05) is 0 Å². The number of benzene rings is 1. The highest BCUT2D eigenvalue weighted by Gasteiger charge is 2.25. The molecule has 0 unspecified atom stereocenters. The molecule has 0 saturated carbocycles. The second-order valence-electron chi connectivity index (χ2n) is 5.52. The van der Waals surface area contributed by atoms with Gasteiger partial charge in [-0.1, -0.05) is 18.2 Å². The van der Waals surface area contributed by atoms with E-state index >= 15 is 0 Å². The van der Waals surface area contributed by atoms with Crippen molar-refractivity contribution in [1.29, 1.82) is 0 Å². The Kier molecular flexibility index (Phi) is 4.41. The molecule has 1 N–H and O–H groups in total. The molecule has 0 radical (unpaired) electrons. The Bertz CT molecular complexity index is 692. The van der Waals surface area contributed by atoms with Gasteiger partial charge in [0.1, 0.15) is 11.5 Å². The molecule has 1 aliphatic rings. The highest BCUT2D eigenvalue weighted by atomic mass is 19.1. The van der Waals surface area contributed by atoms with Gasteiger partial charge < -0.3 is 14.8 Å². The van der Waals surface area contributed by atoms with Gasteiger partial charge in [0.25, 0.3) is 5.91 Å². The van der Waals surface area contributed by atoms with Crippen LogP contribution in [-0.2, 0) is 11.2 Å². The van der Waals surface area contributed by atoms with Crippen LogP contribution in [-0.4, -0.2) is 52.8 Å². The standard InChI is InChI=1S/C17H18FN3O2/c18-14-5-2-1-4-13(14)12-16(22)20-8-10-21(11-9-20)17(23)15-6-3-7-19-15/h1-7,19H,8-12H2. The minimum atomic E-state index is -0.360. The van der Waals surface area contributed by atoms with Crippen molar-refractivity contribution >= 4 is 11.8 Å². The van der Waals surface area contributed by atoms with Crippen molar-refractivity contribution in [2.75, 3.05) is 26.2 Å². The van der Waals surface area contributed by atoms with Crippen LogP contribution in [0, 0.1) is 5.82 Å². The number of piperazine rings is 1. The summed E-state index contributed by atoms with van der Waals surface area (Å²) >= 11 is 0. The van der Waals surface area contributed by atoms with Crippen LogP contribution in [0.5, 0.6) is 0 Å². The first-order valence-electron chi connectivity index (χ1n) is 7.59. The topological polar surface area (TPSA) is 56.4 Å². The lowest BCUT2D eigenvalue weighted by Crippen LogP contribution is -2.51. The maximum atomic E-state index is 13.6. The van der Waals surface area contributed by atoms with Gasteiger partial charge in [-0.05, 0) is 23.8 Å². The first kappa shape index (κ1) is 15.3. The lowest BCUT2D eigenvalue weighted by molar-refractivity contribution is -0.132. The average Bonchev–Trinajstić information content (AvgIpc) is 3.11. The van der Waals surface area contributed by atoms with Gasteiger partial charge in [0, 0.05) is 32.4 Å². The molecular formula is C17H18FN3O2. The quantitative estimate of drug-likeness (QED) is 0.937. The van der Waals surface area contributed by atoms with Crippen molar-refractivity contribution in [2.24, 2.45) is 0 Å². The van der Waals surface area contributed by atoms with Gasteiger partial charge in [-0.15, -0.1) is 0 Å². The van der Waals surface area contributed by atoms with Crippen LogP contribution in [0.3, 0.4) is 0 Å². The number of rotatable bonds is 3. The summed E-state index contributed by atoms with van der Waals surface area (Å²) in [6, 6.07) is 9.82. The van der Waals surface area contributed by atoms with Crippen LogP contribution in [0.25, 0.3) is 0 Å². The maximum Gasteiger partial charge on any atom is 0.270 e. The summed E-state index contributed by atoms with van der Waals surface area (Å²) in [4.78, 5) is 30.8. The Balaban J connectivity index is 1.55. The summed E-state index contributed by atoms with van der Waals surface area (Å²) in [5.74, 6) is -0.528. The summed E-state index contributed by atoms with van der Waals surface area (Å²) < 4.78 is 13.6. The van der Waals surface area contributed by atoms with E-state index in [1.165, 1.54) is 6.07 Å². The van der Waals surface area contributed by atoms with Crippen molar-refractivity contribution in [3.05, 3.63) is 59.7 Å². The van der Waals surface area contributed by atoms with Gasteiger partial charge in [-0.3, -0.25) is 9.59 Å². The van der Waals surface area contributed by atoms with E-state index in [0.717, 1.165) is 0 Å². The van der Waals surface area contributed by atoms with E-state index in [9.17, 15) is 14.0 Å². The number of carbonyl (C=O) groups excluding carboxylic acids is 2. The zero-order chi connectivity index (χ0) is 16.2. The van der Waals surface area contributed by atoms with Crippen molar-refractivity contribution in [3.8, 4) is 0 Å². The molecule has 1 aromatic carbocycles. The number of aromatic amines is 1. The zero-order valence-electron chi connectivity index (χ0n) is 12.7. The third kappa shape index (κ3) is 3.41. The van der Waals surface area contributed by atoms with Crippen molar-refractivity contribution in [3.63, 3.8) is 0 Å². The SMILES string of the molecule is O=C(Cc1ccccc1F)N1CCN(C(=O)c2ccc[nH]2)CC1. The van der Waals surface area contributed by atoms with E-state index in [1.54, 1.807) is 46.3 Å². The van der Waals surface area contributed by atoms with Crippen LogP contribution in [0.2, 0.25) is 0 Å². The minimum Gasteiger partial charge on any atom is -0.357 e. The number of amides is 2. The number of hydrogen-bond donors (Lipinski definition) is 1.